The van der Waals surface area contributed by atoms with Crippen LogP contribution in [0.1, 0.15) is 42.2 Å². The molecule has 2 heterocycles. The van der Waals surface area contributed by atoms with E-state index in [1.54, 1.807) is 12.1 Å². The molecule has 52 heavy (non-hydrogen) atoms. The SMILES string of the molecule is O=C(Cl)CC1CCOc2cc(S(=O)(=O)c3cccc(F)c3)ccc21.O=C=NCC1CCOc2cc(S(=O)(=O)c3cccc(F)c3)ccc21.[N-]=[N+]=[N-].[Na+]. The van der Waals surface area contributed by atoms with E-state index in [0.717, 1.165) is 23.3 Å². The minimum atomic E-state index is -3.85. The number of hydrogen-bond donors (Lipinski definition) is 0. The van der Waals surface area contributed by atoms with Crippen molar-refractivity contribution in [3.05, 3.63) is 124 Å². The van der Waals surface area contributed by atoms with E-state index in [0.29, 0.717) is 37.6 Å². The number of hydrogen-bond acceptors (Lipinski definition) is 9. The van der Waals surface area contributed by atoms with Gasteiger partial charge in [-0.3, -0.25) is 9.71 Å². The summed E-state index contributed by atoms with van der Waals surface area (Å²) in [5, 5.41) is -0.440. The Morgan fingerprint density at radius 1 is 0.769 bits per heavy atom. The fourth-order valence-electron chi connectivity index (χ4n) is 5.50. The van der Waals surface area contributed by atoms with Crippen molar-refractivity contribution in [3.8, 4) is 11.5 Å². The molecular weight excluding hydrogens is 753 g/mol. The third kappa shape index (κ3) is 10.5. The molecule has 12 nitrogen and oxygen atoms in total. The van der Waals surface area contributed by atoms with Crippen molar-refractivity contribution < 1.29 is 74.2 Å². The summed E-state index contributed by atoms with van der Waals surface area (Å²) in [6, 6.07) is 18.8. The fraction of sp³-hybridized carbons (Fsp3) is 0.235. The van der Waals surface area contributed by atoms with E-state index < -0.39 is 36.6 Å². The van der Waals surface area contributed by atoms with Crippen LogP contribution in [-0.4, -0.2) is 47.9 Å². The summed E-state index contributed by atoms with van der Waals surface area (Å²) in [6.45, 7) is 1.08. The summed E-state index contributed by atoms with van der Waals surface area (Å²) >= 11 is 5.47. The van der Waals surface area contributed by atoms with Gasteiger partial charge < -0.3 is 20.5 Å². The molecule has 0 saturated carbocycles. The van der Waals surface area contributed by atoms with Gasteiger partial charge in [-0.15, -0.1) is 0 Å². The number of sulfone groups is 2. The van der Waals surface area contributed by atoms with E-state index in [-0.39, 0.29) is 73.9 Å². The maximum absolute atomic E-state index is 13.3. The molecule has 0 N–H and O–H groups in total. The van der Waals surface area contributed by atoms with Crippen LogP contribution in [0.3, 0.4) is 0 Å². The second kappa shape index (κ2) is 19.1. The standard InChI is InChI=1S/C17H14ClFO4S.C17H14FNO4S.N3.Na/c18-17(20)8-11-6-7-23-16-10-14(4-5-15(11)16)24(21,22)13-3-1-2-12(19)9-13;18-13-2-1-3-14(8-13)24(21,22)15-4-5-16-12(10-19-11-20)6-7-23-17(16)9-15;1-3-2;/h1-5,9-11H,6-8H2;1-5,8-9,12H,6-7,10H2;;/q;;-1;+1. The molecule has 0 fully saturated rings. The van der Waals surface area contributed by atoms with Crippen LogP contribution in [0.4, 0.5) is 8.78 Å². The molecule has 0 radical (unpaired) electrons. The van der Waals surface area contributed by atoms with Crippen molar-refractivity contribution >= 4 is 42.6 Å². The fourth-order valence-corrected chi connectivity index (χ4v) is 8.31. The quantitative estimate of drug-likeness (QED) is 0.0478. The van der Waals surface area contributed by atoms with Gasteiger partial charge in [0.15, 0.2) is 0 Å². The van der Waals surface area contributed by atoms with Gasteiger partial charge >= 0.3 is 29.6 Å². The number of nitrogens with zero attached hydrogens (tertiary/aromatic N) is 4. The maximum atomic E-state index is 13.3. The maximum Gasteiger partial charge on any atom is 1.00 e. The summed E-state index contributed by atoms with van der Waals surface area (Å²) in [7, 11) is -7.68. The van der Waals surface area contributed by atoms with Crippen LogP contribution in [0.25, 0.3) is 16.0 Å². The topological polar surface area (TPSA) is 192 Å². The number of halogens is 3. The van der Waals surface area contributed by atoms with Gasteiger partial charge in [0, 0.05) is 12.3 Å². The summed E-state index contributed by atoms with van der Waals surface area (Å²) in [4.78, 5) is 26.4. The van der Waals surface area contributed by atoms with Gasteiger partial charge in [0.25, 0.3) is 0 Å². The minimum absolute atomic E-state index is 0. The molecule has 4 aromatic carbocycles. The van der Waals surface area contributed by atoms with E-state index >= 15 is 0 Å². The first kappa shape index (κ1) is 42.3. The van der Waals surface area contributed by atoms with Crippen LogP contribution in [0.15, 0.2) is 110 Å². The van der Waals surface area contributed by atoms with Crippen molar-refractivity contribution in [1.29, 1.82) is 0 Å². The number of benzene rings is 4. The van der Waals surface area contributed by atoms with Crippen LogP contribution in [0.5, 0.6) is 11.5 Å². The van der Waals surface area contributed by atoms with Crippen LogP contribution in [0.2, 0.25) is 0 Å². The van der Waals surface area contributed by atoms with Crippen molar-refractivity contribution in [2.75, 3.05) is 19.8 Å². The van der Waals surface area contributed by atoms with Crippen LogP contribution >= 0.6 is 11.6 Å². The Morgan fingerprint density at radius 2 is 1.19 bits per heavy atom. The molecule has 0 amide bonds. The zero-order valence-corrected chi connectivity index (χ0v) is 31.9. The molecule has 0 aromatic heterocycles. The van der Waals surface area contributed by atoms with Crippen molar-refractivity contribution in [2.24, 2.45) is 4.99 Å². The van der Waals surface area contributed by atoms with E-state index in [2.05, 4.69) is 4.99 Å². The van der Waals surface area contributed by atoms with E-state index in [9.17, 15) is 35.2 Å². The Hall–Kier alpha value is -4.11. The molecule has 2 unspecified atom stereocenters. The first-order valence-electron chi connectivity index (χ1n) is 15.1. The Balaban J connectivity index is 0.000000256. The summed E-state index contributed by atoms with van der Waals surface area (Å²) in [5.74, 6) is -0.472. The van der Waals surface area contributed by atoms with Crippen molar-refractivity contribution in [2.45, 2.75) is 50.7 Å². The average Bonchev–Trinajstić information content (AvgIpc) is 3.11. The van der Waals surface area contributed by atoms with Gasteiger partial charge in [-0.1, -0.05) is 24.3 Å². The molecule has 0 saturated heterocycles. The number of carbonyl (C=O) groups excluding carboxylic acids is 2. The average molecular weight is 781 g/mol. The summed E-state index contributed by atoms with van der Waals surface area (Å²) in [5.41, 5.74) is 15.1. The monoisotopic (exact) mass is 780 g/mol. The molecule has 2 aliphatic heterocycles. The molecule has 0 bridgehead atoms. The molecule has 18 heteroatoms. The third-order valence-corrected chi connectivity index (χ3v) is 11.6. The predicted molar refractivity (Wildman–Crippen MR) is 181 cm³/mol. The van der Waals surface area contributed by atoms with Crippen LogP contribution in [-0.2, 0) is 29.3 Å². The number of carbonyl (C=O) groups is 1. The molecule has 0 spiro atoms. The first-order chi connectivity index (χ1) is 24.3. The Morgan fingerprint density at radius 3 is 1.62 bits per heavy atom. The zero-order valence-electron chi connectivity index (χ0n) is 27.5. The molecule has 4 aromatic rings. The van der Waals surface area contributed by atoms with Crippen molar-refractivity contribution in [3.63, 3.8) is 0 Å². The first-order valence-corrected chi connectivity index (χ1v) is 18.4. The van der Waals surface area contributed by atoms with Gasteiger partial charge in [-0.05, 0) is 102 Å². The Bertz CT molecular complexity index is 2100. The van der Waals surface area contributed by atoms with Crippen LogP contribution < -0.4 is 39.0 Å². The van der Waals surface area contributed by atoms with Gasteiger partial charge in [0.05, 0.1) is 39.3 Å². The van der Waals surface area contributed by atoms with E-state index in [4.69, 9.17) is 32.1 Å². The number of rotatable bonds is 8. The smallest absolute Gasteiger partial charge is 0.493 e. The van der Waals surface area contributed by atoms with E-state index in [1.165, 1.54) is 71.7 Å². The predicted octanol–water partition coefficient (Wildman–Crippen LogP) is 4.41. The van der Waals surface area contributed by atoms with Gasteiger partial charge in [-0.25, -0.2) is 35.4 Å². The molecular formula is C34H28ClF2N4NaO8S2. The normalized spacial score (nSPS) is 15.7. The number of fused-ring (bicyclic) bond motifs is 2. The third-order valence-electron chi connectivity index (χ3n) is 7.91. The molecule has 6 rings (SSSR count). The number of aliphatic imine (C=N–C) groups is 1. The van der Waals surface area contributed by atoms with Crippen LogP contribution in [0, 0.1) is 11.6 Å². The van der Waals surface area contributed by atoms with E-state index in [1.807, 2.05) is 0 Å². The largest absolute Gasteiger partial charge is 1.00 e. The molecule has 266 valence electrons. The zero-order chi connectivity index (χ0) is 37.2. The van der Waals surface area contributed by atoms with Gasteiger partial charge in [0.1, 0.15) is 23.1 Å². The van der Waals surface area contributed by atoms with Crippen molar-refractivity contribution in [1.82, 2.24) is 0 Å². The summed E-state index contributed by atoms with van der Waals surface area (Å²) in [6.07, 6.45) is 3.01. The van der Waals surface area contributed by atoms with Gasteiger partial charge in [0.2, 0.25) is 31.0 Å². The molecule has 2 atom stereocenters. The Labute approximate surface area is 325 Å². The van der Waals surface area contributed by atoms with Gasteiger partial charge in [-0.2, -0.15) is 0 Å². The molecule has 2 aliphatic rings. The minimum Gasteiger partial charge on any atom is -0.493 e. The second-order valence-corrected chi connectivity index (χ2v) is 15.4. The number of isocyanates is 1. The Kier molecular flexibility index (Phi) is 15.5. The summed E-state index contributed by atoms with van der Waals surface area (Å²) < 4.78 is 88.3. The number of ether oxygens (including phenoxy) is 2. The molecule has 0 aliphatic carbocycles. The second-order valence-electron chi connectivity index (χ2n) is 11.1.